The minimum Gasteiger partial charge on any atom is -0.468 e. The molecule has 10 heteroatoms. The van der Waals surface area contributed by atoms with Gasteiger partial charge in [0, 0.05) is 50.0 Å². The number of anilines is 1. The summed E-state index contributed by atoms with van der Waals surface area (Å²) in [7, 11) is 0. The summed E-state index contributed by atoms with van der Waals surface area (Å²) in [6, 6.07) is 2.69. The van der Waals surface area contributed by atoms with Gasteiger partial charge >= 0.3 is 6.18 Å². The van der Waals surface area contributed by atoms with Gasteiger partial charge in [0.1, 0.15) is 0 Å². The number of halogens is 3. The third kappa shape index (κ3) is 4.59. The summed E-state index contributed by atoms with van der Waals surface area (Å²) < 4.78 is 40.8. The third-order valence-corrected chi connectivity index (χ3v) is 4.46. The Bertz CT molecular complexity index is 699. The minimum absolute atomic E-state index is 0.164. The van der Waals surface area contributed by atoms with Crippen molar-refractivity contribution in [2.75, 3.05) is 37.7 Å². The van der Waals surface area contributed by atoms with Gasteiger partial charge in [0.2, 0.25) is 5.88 Å². The smallest absolute Gasteiger partial charge is 0.422 e. The highest BCUT2D eigenvalue weighted by molar-refractivity contribution is 7.13. The van der Waals surface area contributed by atoms with Crippen LogP contribution in [0.1, 0.15) is 10.4 Å². The number of piperazine rings is 1. The van der Waals surface area contributed by atoms with Crippen LogP contribution >= 0.6 is 11.3 Å². The summed E-state index contributed by atoms with van der Waals surface area (Å²) in [5.41, 5.74) is 0.321. The molecule has 0 radical (unpaired) electrons. The number of alkyl halides is 3. The quantitative estimate of drug-likeness (QED) is 0.825. The van der Waals surface area contributed by atoms with E-state index < -0.39 is 12.8 Å². The van der Waals surface area contributed by atoms with Crippen molar-refractivity contribution in [1.29, 1.82) is 0 Å². The third-order valence-electron chi connectivity index (χ3n) is 3.62. The molecule has 1 aliphatic rings. The van der Waals surface area contributed by atoms with E-state index in [1.807, 2.05) is 5.38 Å². The number of aromatic nitrogens is 2. The van der Waals surface area contributed by atoms with E-state index in [-0.39, 0.29) is 11.8 Å². The molecule has 1 fully saturated rings. The molecule has 3 rings (SSSR count). The Morgan fingerprint density at radius 2 is 1.96 bits per heavy atom. The fourth-order valence-electron chi connectivity index (χ4n) is 2.40. The highest BCUT2D eigenvalue weighted by Crippen LogP contribution is 2.20. The van der Waals surface area contributed by atoms with Gasteiger partial charge in [-0.2, -0.15) is 13.2 Å². The lowest BCUT2D eigenvalue weighted by Gasteiger charge is -2.34. The Balaban J connectivity index is 1.55. The van der Waals surface area contributed by atoms with E-state index in [0.717, 1.165) is 5.13 Å². The van der Waals surface area contributed by atoms with Crippen molar-refractivity contribution < 1.29 is 22.7 Å². The lowest BCUT2D eigenvalue weighted by atomic mass is 10.2. The molecule has 1 saturated heterocycles. The predicted molar refractivity (Wildman–Crippen MR) is 86.0 cm³/mol. The summed E-state index contributed by atoms with van der Waals surface area (Å²) in [5.74, 6) is -0.365. The van der Waals surface area contributed by atoms with E-state index in [2.05, 4.69) is 19.6 Å². The molecule has 1 aliphatic heterocycles. The topological polar surface area (TPSA) is 58.6 Å². The standard InChI is InChI=1S/C15H15F3N4O2S/c16-15(17,18)10-24-12-2-1-11(9-20-12)13(23)21-4-6-22(7-5-21)14-19-3-8-25-14/h1-3,8-9H,4-7,10H2. The Kier molecular flexibility index (Phi) is 5.07. The molecule has 134 valence electrons. The Morgan fingerprint density at radius 3 is 2.52 bits per heavy atom. The van der Waals surface area contributed by atoms with Crippen LogP contribution in [-0.4, -0.2) is 59.7 Å². The van der Waals surface area contributed by atoms with E-state index in [9.17, 15) is 18.0 Å². The molecule has 0 N–H and O–H groups in total. The van der Waals surface area contributed by atoms with Crippen LogP contribution in [0.3, 0.4) is 0 Å². The number of ether oxygens (including phenoxy) is 1. The van der Waals surface area contributed by atoms with Crippen LogP contribution in [0.2, 0.25) is 0 Å². The van der Waals surface area contributed by atoms with E-state index in [1.54, 1.807) is 22.4 Å². The van der Waals surface area contributed by atoms with Gasteiger partial charge in [-0.1, -0.05) is 0 Å². The number of nitrogens with zero attached hydrogens (tertiary/aromatic N) is 4. The summed E-state index contributed by atoms with van der Waals surface area (Å²) in [5, 5.41) is 2.83. The van der Waals surface area contributed by atoms with E-state index in [0.29, 0.717) is 31.7 Å². The number of carbonyl (C=O) groups is 1. The normalized spacial score (nSPS) is 15.3. The molecule has 25 heavy (non-hydrogen) atoms. The van der Waals surface area contributed by atoms with Crippen LogP contribution < -0.4 is 9.64 Å². The largest absolute Gasteiger partial charge is 0.468 e. The number of pyridine rings is 1. The first-order valence-electron chi connectivity index (χ1n) is 7.52. The molecule has 0 bridgehead atoms. The molecule has 2 aromatic heterocycles. The molecule has 0 aliphatic carbocycles. The van der Waals surface area contributed by atoms with Crippen LogP contribution in [0.25, 0.3) is 0 Å². The predicted octanol–water partition coefficient (Wildman–Crippen LogP) is 2.44. The number of rotatable bonds is 4. The Morgan fingerprint density at radius 1 is 1.20 bits per heavy atom. The molecule has 2 aromatic rings. The second-order valence-corrected chi connectivity index (χ2v) is 6.26. The van der Waals surface area contributed by atoms with Crippen molar-refractivity contribution in [3.8, 4) is 5.88 Å². The SMILES string of the molecule is O=C(c1ccc(OCC(F)(F)F)nc1)N1CCN(c2nccs2)CC1. The molecule has 0 saturated carbocycles. The minimum atomic E-state index is -4.42. The van der Waals surface area contributed by atoms with Crippen molar-refractivity contribution in [2.45, 2.75) is 6.18 Å². The first kappa shape index (κ1) is 17.5. The van der Waals surface area contributed by atoms with Crippen LogP contribution in [0.4, 0.5) is 18.3 Å². The van der Waals surface area contributed by atoms with Crippen molar-refractivity contribution in [3.63, 3.8) is 0 Å². The second-order valence-electron chi connectivity index (χ2n) is 5.38. The van der Waals surface area contributed by atoms with Gasteiger partial charge in [0.15, 0.2) is 11.7 Å². The van der Waals surface area contributed by atoms with E-state index >= 15 is 0 Å². The van der Waals surface area contributed by atoms with Gasteiger partial charge in [0.05, 0.1) is 5.56 Å². The number of carbonyl (C=O) groups excluding carboxylic acids is 1. The first-order chi connectivity index (χ1) is 11.9. The molecule has 6 nitrogen and oxygen atoms in total. The maximum atomic E-state index is 12.5. The van der Waals surface area contributed by atoms with Gasteiger partial charge in [0.25, 0.3) is 5.91 Å². The second kappa shape index (κ2) is 7.26. The van der Waals surface area contributed by atoms with E-state index in [1.165, 1.54) is 18.3 Å². The summed E-state index contributed by atoms with van der Waals surface area (Å²) in [6.07, 6.45) is -1.44. The molecule has 3 heterocycles. The molecule has 0 atom stereocenters. The fourth-order valence-corrected chi connectivity index (χ4v) is 3.10. The fraction of sp³-hybridized carbons (Fsp3) is 0.400. The zero-order valence-electron chi connectivity index (χ0n) is 13.1. The van der Waals surface area contributed by atoms with Gasteiger partial charge in [-0.3, -0.25) is 4.79 Å². The molecular weight excluding hydrogens is 357 g/mol. The summed E-state index contributed by atoms with van der Waals surface area (Å²) in [4.78, 5) is 24.3. The number of hydrogen-bond acceptors (Lipinski definition) is 6. The number of amides is 1. The van der Waals surface area contributed by atoms with Crippen LogP contribution in [0.15, 0.2) is 29.9 Å². The Labute approximate surface area is 145 Å². The maximum Gasteiger partial charge on any atom is 0.422 e. The van der Waals surface area contributed by atoms with Gasteiger partial charge in [-0.05, 0) is 6.07 Å². The van der Waals surface area contributed by atoms with Gasteiger partial charge in [-0.25, -0.2) is 9.97 Å². The highest BCUT2D eigenvalue weighted by Gasteiger charge is 2.29. The van der Waals surface area contributed by atoms with Crippen molar-refractivity contribution in [2.24, 2.45) is 0 Å². The summed E-state index contributed by atoms with van der Waals surface area (Å²) in [6.45, 7) is 1.04. The molecular formula is C15H15F3N4O2S. The molecule has 0 unspecified atom stereocenters. The average Bonchev–Trinajstić information content (AvgIpc) is 3.14. The van der Waals surface area contributed by atoms with Crippen molar-refractivity contribution >= 4 is 22.4 Å². The average molecular weight is 372 g/mol. The monoisotopic (exact) mass is 372 g/mol. The van der Waals surface area contributed by atoms with Crippen LogP contribution in [0, 0.1) is 0 Å². The first-order valence-corrected chi connectivity index (χ1v) is 8.40. The molecule has 0 spiro atoms. The van der Waals surface area contributed by atoms with Crippen LogP contribution in [-0.2, 0) is 0 Å². The Hall–Kier alpha value is -2.36. The van der Waals surface area contributed by atoms with Gasteiger partial charge in [-0.15, -0.1) is 11.3 Å². The van der Waals surface area contributed by atoms with Gasteiger partial charge < -0.3 is 14.5 Å². The maximum absolute atomic E-state index is 12.5. The van der Waals surface area contributed by atoms with E-state index in [4.69, 9.17) is 0 Å². The molecule has 1 amide bonds. The highest BCUT2D eigenvalue weighted by atomic mass is 32.1. The number of thiazole rings is 1. The molecule has 0 aromatic carbocycles. The van der Waals surface area contributed by atoms with Crippen molar-refractivity contribution in [1.82, 2.24) is 14.9 Å². The van der Waals surface area contributed by atoms with Crippen molar-refractivity contribution in [3.05, 3.63) is 35.5 Å². The zero-order valence-corrected chi connectivity index (χ0v) is 13.9. The number of hydrogen-bond donors (Lipinski definition) is 0. The lowest BCUT2D eigenvalue weighted by Crippen LogP contribution is -2.48. The lowest BCUT2D eigenvalue weighted by molar-refractivity contribution is -0.154. The summed E-state index contributed by atoms with van der Waals surface area (Å²) >= 11 is 1.55. The zero-order chi connectivity index (χ0) is 17.9. The van der Waals surface area contributed by atoms with Crippen LogP contribution in [0.5, 0.6) is 5.88 Å².